The molecule has 2 saturated carbocycles. The number of alkyl halides is 9. The zero-order chi connectivity index (χ0) is 18.6. The molecule has 0 aromatic heterocycles. The number of esters is 1. The molecular weight excluding hydrogens is 359 g/mol. The van der Waals surface area contributed by atoms with Crippen LogP contribution in [-0.4, -0.2) is 36.5 Å². The molecule has 140 valence electrons. The third kappa shape index (κ3) is 2.94. The first-order valence-electron chi connectivity index (χ1n) is 7.07. The van der Waals surface area contributed by atoms with E-state index in [9.17, 15) is 44.3 Å². The summed E-state index contributed by atoms with van der Waals surface area (Å²) >= 11 is 0. The van der Waals surface area contributed by atoms with Crippen LogP contribution in [0.3, 0.4) is 0 Å². The standard InChI is InChI=1S/C13H13F9O2/c14-10(15,11(16,17)12(18,19)13(20,21)22)5-24-9(23)8-4-6-1-2-7(8)3-6/h6-8H,1-5H2. The van der Waals surface area contributed by atoms with Crippen molar-refractivity contribution in [3.05, 3.63) is 0 Å². The average molecular weight is 372 g/mol. The maximum atomic E-state index is 13.3. The summed E-state index contributed by atoms with van der Waals surface area (Å²) in [7, 11) is 0. The lowest BCUT2D eigenvalue weighted by Gasteiger charge is -2.33. The van der Waals surface area contributed by atoms with E-state index in [1.54, 1.807) is 0 Å². The monoisotopic (exact) mass is 372 g/mol. The molecule has 0 aliphatic heterocycles. The maximum absolute atomic E-state index is 13.3. The van der Waals surface area contributed by atoms with Crippen LogP contribution in [-0.2, 0) is 9.53 Å². The number of hydrogen-bond acceptors (Lipinski definition) is 2. The normalized spacial score (nSPS) is 28.3. The van der Waals surface area contributed by atoms with Gasteiger partial charge in [0.2, 0.25) is 0 Å². The Morgan fingerprint density at radius 3 is 1.88 bits per heavy atom. The van der Waals surface area contributed by atoms with Crippen LogP contribution in [0.15, 0.2) is 0 Å². The van der Waals surface area contributed by atoms with E-state index >= 15 is 0 Å². The molecule has 2 aliphatic carbocycles. The Labute approximate surface area is 130 Å². The molecule has 0 saturated heterocycles. The van der Waals surface area contributed by atoms with Gasteiger partial charge in [-0.3, -0.25) is 4.79 Å². The van der Waals surface area contributed by atoms with Gasteiger partial charge in [0, 0.05) is 0 Å². The molecule has 0 heterocycles. The molecule has 2 aliphatic rings. The Hall–Kier alpha value is -1.16. The Morgan fingerprint density at radius 1 is 0.875 bits per heavy atom. The summed E-state index contributed by atoms with van der Waals surface area (Å²) in [6.45, 7) is -2.54. The van der Waals surface area contributed by atoms with Gasteiger partial charge in [0.1, 0.15) is 0 Å². The van der Waals surface area contributed by atoms with Crippen molar-refractivity contribution in [3.8, 4) is 0 Å². The largest absolute Gasteiger partial charge is 0.460 e. The van der Waals surface area contributed by atoms with Gasteiger partial charge < -0.3 is 4.74 Å². The Morgan fingerprint density at radius 2 is 1.46 bits per heavy atom. The average Bonchev–Trinajstić information content (AvgIpc) is 3.05. The summed E-state index contributed by atoms with van der Waals surface area (Å²) < 4.78 is 118. The molecule has 2 bridgehead atoms. The van der Waals surface area contributed by atoms with Crippen LogP contribution in [0.25, 0.3) is 0 Å². The first-order valence-corrected chi connectivity index (χ1v) is 7.07. The highest BCUT2D eigenvalue weighted by molar-refractivity contribution is 5.73. The molecule has 3 unspecified atom stereocenters. The van der Waals surface area contributed by atoms with Crippen molar-refractivity contribution < 1.29 is 49.0 Å². The summed E-state index contributed by atoms with van der Waals surface area (Å²) in [5.41, 5.74) is 0. The minimum absolute atomic E-state index is 0.159. The second-order valence-electron chi connectivity index (χ2n) is 6.24. The summed E-state index contributed by atoms with van der Waals surface area (Å²) in [5, 5.41) is 0. The highest BCUT2D eigenvalue weighted by Crippen LogP contribution is 2.53. The first kappa shape index (κ1) is 19.2. The number of rotatable bonds is 5. The molecule has 0 aromatic carbocycles. The fourth-order valence-corrected chi connectivity index (χ4v) is 3.30. The predicted octanol–water partition coefficient (Wildman–Crippen LogP) is 4.43. The molecule has 0 spiro atoms. The van der Waals surface area contributed by atoms with E-state index in [2.05, 4.69) is 4.74 Å². The number of halogens is 9. The Bertz CT molecular complexity index is 500. The van der Waals surface area contributed by atoms with E-state index in [4.69, 9.17) is 0 Å². The van der Waals surface area contributed by atoms with Crippen molar-refractivity contribution >= 4 is 5.97 Å². The van der Waals surface area contributed by atoms with Gasteiger partial charge in [-0.2, -0.15) is 39.5 Å². The van der Waals surface area contributed by atoms with E-state index < -0.39 is 42.4 Å². The van der Waals surface area contributed by atoms with Crippen molar-refractivity contribution in [2.75, 3.05) is 6.61 Å². The van der Waals surface area contributed by atoms with Gasteiger partial charge in [0.05, 0.1) is 5.92 Å². The number of fused-ring (bicyclic) bond motifs is 2. The highest BCUT2D eigenvalue weighted by atomic mass is 19.4. The molecule has 0 aromatic rings. The SMILES string of the molecule is O=C(OCC(F)(F)C(F)(F)C(F)(F)C(F)(F)F)C1CC2CCC1C2. The Kier molecular flexibility index (Phi) is 4.54. The molecular formula is C13H13F9O2. The van der Waals surface area contributed by atoms with E-state index in [0.29, 0.717) is 19.3 Å². The van der Waals surface area contributed by atoms with Gasteiger partial charge >= 0.3 is 29.9 Å². The molecule has 24 heavy (non-hydrogen) atoms. The lowest BCUT2D eigenvalue weighted by Crippen LogP contribution is -2.62. The van der Waals surface area contributed by atoms with Crippen LogP contribution in [0.1, 0.15) is 25.7 Å². The molecule has 2 fully saturated rings. The molecule has 3 atom stereocenters. The minimum Gasteiger partial charge on any atom is -0.459 e. The maximum Gasteiger partial charge on any atom is 0.460 e. The topological polar surface area (TPSA) is 26.3 Å². The zero-order valence-corrected chi connectivity index (χ0v) is 12.0. The summed E-state index contributed by atoms with van der Waals surface area (Å²) in [4.78, 5) is 11.6. The summed E-state index contributed by atoms with van der Waals surface area (Å²) in [6, 6.07) is 0. The van der Waals surface area contributed by atoms with Gasteiger partial charge in [0.25, 0.3) is 0 Å². The quantitative estimate of drug-likeness (QED) is 0.527. The molecule has 0 amide bonds. The van der Waals surface area contributed by atoms with Crippen LogP contribution in [0.4, 0.5) is 39.5 Å². The lowest BCUT2D eigenvalue weighted by atomic mass is 9.89. The van der Waals surface area contributed by atoms with Crippen LogP contribution in [0.2, 0.25) is 0 Å². The van der Waals surface area contributed by atoms with Crippen molar-refractivity contribution in [1.29, 1.82) is 0 Å². The van der Waals surface area contributed by atoms with Crippen molar-refractivity contribution in [1.82, 2.24) is 0 Å². The summed E-state index contributed by atoms with van der Waals surface area (Å²) in [6.07, 6.45) is -4.46. The lowest BCUT2D eigenvalue weighted by molar-refractivity contribution is -0.398. The molecule has 2 nitrogen and oxygen atoms in total. The van der Waals surface area contributed by atoms with E-state index in [0.717, 1.165) is 6.42 Å². The number of carbonyl (C=O) groups excluding carboxylic acids is 1. The van der Waals surface area contributed by atoms with E-state index in [1.165, 1.54) is 0 Å². The second-order valence-corrected chi connectivity index (χ2v) is 6.24. The van der Waals surface area contributed by atoms with Crippen LogP contribution < -0.4 is 0 Å². The minimum atomic E-state index is -6.97. The number of hydrogen-bond donors (Lipinski definition) is 0. The van der Waals surface area contributed by atoms with Gasteiger partial charge in [0.15, 0.2) is 6.61 Å². The fourth-order valence-electron chi connectivity index (χ4n) is 3.30. The van der Waals surface area contributed by atoms with E-state index in [1.807, 2.05) is 0 Å². The number of ether oxygens (including phenoxy) is 1. The Balaban J connectivity index is 2.03. The predicted molar refractivity (Wildman–Crippen MR) is 60.8 cm³/mol. The third-order valence-corrected chi connectivity index (χ3v) is 4.65. The van der Waals surface area contributed by atoms with Gasteiger partial charge in [-0.1, -0.05) is 6.42 Å². The van der Waals surface area contributed by atoms with Gasteiger partial charge in [-0.05, 0) is 31.1 Å². The third-order valence-electron chi connectivity index (χ3n) is 4.65. The van der Waals surface area contributed by atoms with Crippen molar-refractivity contribution in [2.24, 2.45) is 17.8 Å². The fraction of sp³-hybridized carbons (Fsp3) is 0.923. The molecule has 11 heteroatoms. The molecule has 0 N–H and O–H groups in total. The van der Waals surface area contributed by atoms with Gasteiger partial charge in [-0.25, -0.2) is 0 Å². The zero-order valence-electron chi connectivity index (χ0n) is 12.0. The van der Waals surface area contributed by atoms with Crippen LogP contribution >= 0.6 is 0 Å². The second kappa shape index (κ2) is 5.69. The first-order chi connectivity index (χ1) is 10.7. The van der Waals surface area contributed by atoms with Crippen LogP contribution in [0, 0.1) is 17.8 Å². The van der Waals surface area contributed by atoms with Crippen molar-refractivity contribution in [3.63, 3.8) is 0 Å². The molecule has 0 radical (unpaired) electrons. The van der Waals surface area contributed by atoms with Gasteiger partial charge in [-0.15, -0.1) is 0 Å². The summed E-state index contributed by atoms with van der Waals surface area (Å²) in [5.74, 6) is -21.7. The van der Waals surface area contributed by atoms with E-state index in [-0.39, 0.29) is 11.8 Å². The smallest absolute Gasteiger partial charge is 0.459 e. The highest BCUT2D eigenvalue weighted by Gasteiger charge is 2.82. The molecule has 2 rings (SSSR count). The number of carbonyl (C=O) groups is 1. The van der Waals surface area contributed by atoms with Crippen LogP contribution in [0.5, 0.6) is 0 Å². The van der Waals surface area contributed by atoms with Crippen molar-refractivity contribution in [2.45, 2.75) is 49.6 Å².